The van der Waals surface area contributed by atoms with E-state index in [-0.39, 0.29) is 18.1 Å². The van der Waals surface area contributed by atoms with E-state index in [1.807, 2.05) is 42.5 Å². The number of phenolic OH excluding ortho intramolecular Hbond substituents is 1. The molecule has 0 amide bonds. The minimum atomic E-state index is -0.829. The maximum Gasteiger partial charge on any atom is 0.304 e. The fraction of sp³-hybridized carbons (Fsp3) is 0.160. The highest BCUT2D eigenvalue weighted by Crippen LogP contribution is 2.38. The van der Waals surface area contributed by atoms with Crippen LogP contribution in [0.2, 0.25) is 0 Å². The minimum absolute atomic E-state index is 0.0607. The van der Waals surface area contributed by atoms with E-state index < -0.39 is 5.97 Å². The second kappa shape index (κ2) is 8.62. The van der Waals surface area contributed by atoms with Gasteiger partial charge in [-0.3, -0.25) is 4.79 Å². The first-order chi connectivity index (χ1) is 14.6. The van der Waals surface area contributed by atoms with Crippen molar-refractivity contribution < 1.29 is 24.5 Å². The standard InChI is InChI=1S/C25H20O5/c26-21-8-6-17(7-9-21)4-5-18-2-1-3-19(12-18)15-29-22-10-11-23-20(13-25(27)28)16-30-24(23)14-22/h1-3,6-12,14,20,26H,13,15-16H2,(H,27,28). The van der Waals surface area contributed by atoms with Crippen LogP contribution < -0.4 is 9.47 Å². The molecule has 5 nitrogen and oxygen atoms in total. The Labute approximate surface area is 174 Å². The Balaban J connectivity index is 1.41. The Bertz CT molecular complexity index is 1120. The van der Waals surface area contributed by atoms with Crippen molar-refractivity contribution in [2.75, 3.05) is 6.61 Å². The molecule has 0 saturated heterocycles. The van der Waals surface area contributed by atoms with Crippen molar-refractivity contribution in [3.63, 3.8) is 0 Å². The van der Waals surface area contributed by atoms with Crippen LogP contribution in [-0.4, -0.2) is 22.8 Å². The van der Waals surface area contributed by atoms with Gasteiger partial charge in [-0.2, -0.15) is 0 Å². The van der Waals surface area contributed by atoms with E-state index in [0.29, 0.717) is 24.7 Å². The first-order valence-electron chi connectivity index (χ1n) is 9.58. The molecule has 0 bridgehead atoms. The average Bonchev–Trinajstić information content (AvgIpc) is 3.13. The summed E-state index contributed by atoms with van der Waals surface area (Å²) in [5, 5.41) is 18.3. The van der Waals surface area contributed by atoms with Crippen LogP contribution in [-0.2, 0) is 11.4 Å². The molecule has 2 N–H and O–H groups in total. The van der Waals surface area contributed by atoms with Gasteiger partial charge < -0.3 is 19.7 Å². The molecule has 0 aromatic heterocycles. The molecular weight excluding hydrogens is 380 g/mol. The molecule has 4 rings (SSSR count). The van der Waals surface area contributed by atoms with Crippen molar-refractivity contribution in [3.8, 4) is 29.1 Å². The second-order valence-corrected chi connectivity index (χ2v) is 7.09. The van der Waals surface area contributed by atoms with Crippen molar-refractivity contribution >= 4 is 5.97 Å². The third-order valence-electron chi connectivity index (χ3n) is 4.84. The van der Waals surface area contributed by atoms with Crippen LogP contribution in [0.25, 0.3) is 0 Å². The molecule has 1 aliphatic heterocycles. The lowest BCUT2D eigenvalue weighted by Gasteiger charge is -2.09. The lowest BCUT2D eigenvalue weighted by Crippen LogP contribution is -2.07. The van der Waals surface area contributed by atoms with Crippen LogP contribution in [0.1, 0.15) is 34.6 Å². The molecule has 30 heavy (non-hydrogen) atoms. The molecule has 1 aliphatic rings. The Kier molecular flexibility index (Phi) is 5.58. The lowest BCUT2D eigenvalue weighted by molar-refractivity contribution is -0.137. The van der Waals surface area contributed by atoms with E-state index in [0.717, 1.165) is 22.3 Å². The fourth-order valence-electron chi connectivity index (χ4n) is 3.32. The number of phenols is 1. The monoisotopic (exact) mass is 400 g/mol. The molecule has 1 unspecified atom stereocenters. The summed E-state index contributed by atoms with van der Waals surface area (Å²) in [6.45, 7) is 0.763. The Morgan fingerprint density at radius 1 is 1.03 bits per heavy atom. The molecule has 0 fully saturated rings. The van der Waals surface area contributed by atoms with Gasteiger partial charge in [0.1, 0.15) is 23.9 Å². The van der Waals surface area contributed by atoms with Crippen molar-refractivity contribution in [2.24, 2.45) is 0 Å². The van der Waals surface area contributed by atoms with E-state index in [4.69, 9.17) is 14.6 Å². The van der Waals surface area contributed by atoms with Gasteiger partial charge in [-0.05, 0) is 48.0 Å². The van der Waals surface area contributed by atoms with Crippen LogP contribution in [0.3, 0.4) is 0 Å². The van der Waals surface area contributed by atoms with Gasteiger partial charge in [-0.15, -0.1) is 0 Å². The summed E-state index contributed by atoms with van der Waals surface area (Å²) in [6.07, 6.45) is 0.0607. The molecule has 3 aromatic rings. The Morgan fingerprint density at radius 2 is 1.83 bits per heavy atom. The molecule has 0 radical (unpaired) electrons. The van der Waals surface area contributed by atoms with Crippen LogP contribution in [0, 0.1) is 11.8 Å². The summed E-state index contributed by atoms with van der Waals surface area (Å²) in [5.74, 6) is 6.82. The first-order valence-corrected chi connectivity index (χ1v) is 9.58. The summed E-state index contributed by atoms with van der Waals surface area (Å²) in [4.78, 5) is 11.0. The number of rotatable bonds is 5. The number of fused-ring (bicyclic) bond motifs is 1. The van der Waals surface area contributed by atoms with Crippen molar-refractivity contribution in [1.82, 2.24) is 0 Å². The lowest BCUT2D eigenvalue weighted by atomic mass is 9.98. The van der Waals surface area contributed by atoms with Gasteiger partial charge >= 0.3 is 5.97 Å². The highest BCUT2D eigenvalue weighted by molar-refractivity contribution is 5.68. The molecule has 0 aliphatic carbocycles. The van der Waals surface area contributed by atoms with Crippen molar-refractivity contribution in [3.05, 3.63) is 89.0 Å². The normalized spacial score (nSPS) is 14.2. The van der Waals surface area contributed by atoms with Gasteiger partial charge in [0.05, 0.1) is 13.0 Å². The highest BCUT2D eigenvalue weighted by atomic mass is 16.5. The first kappa shape index (κ1) is 19.4. The number of hydrogen-bond acceptors (Lipinski definition) is 4. The topological polar surface area (TPSA) is 76.0 Å². The summed E-state index contributed by atoms with van der Waals surface area (Å²) >= 11 is 0. The minimum Gasteiger partial charge on any atom is -0.508 e. The number of aliphatic carboxylic acids is 1. The van der Waals surface area contributed by atoms with Crippen LogP contribution in [0.4, 0.5) is 0 Å². The van der Waals surface area contributed by atoms with Gasteiger partial charge in [0.2, 0.25) is 0 Å². The molecule has 0 saturated carbocycles. The number of benzene rings is 3. The second-order valence-electron chi connectivity index (χ2n) is 7.09. The number of carboxylic acids is 1. The summed E-state index contributed by atoms with van der Waals surface area (Å²) in [5.41, 5.74) is 3.60. The van der Waals surface area contributed by atoms with Crippen LogP contribution in [0.15, 0.2) is 66.7 Å². The van der Waals surface area contributed by atoms with E-state index in [1.54, 1.807) is 24.3 Å². The summed E-state index contributed by atoms with van der Waals surface area (Å²) < 4.78 is 11.5. The van der Waals surface area contributed by atoms with Crippen LogP contribution >= 0.6 is 0 Å². The van der Waals surface area contributed by atoms with Gasteiger partial charge in [-0.1, -0.05) is 30.0 Å². The number of hydrogen-bond donors (Lipinski definition) is 2. The maximum absolute atomic E-state index is 11.0. The number of aromatic hydroxyl groups is 1. The smallest absolute Gasteiger partial charge is 0.304 e. The molecular formula is C25H20O5. The third kappa shape index (κ3) is 4.73. The fourth-order valence-corrected chi connectivity index (χ4v) is 3.32. The zero-order valence-corrected chi connectivity index (χ0v) is 16.2. The number of ether oxygens (including phenoxy) is 2. The predicted octanol–water partition coefficient (Wildman–Crippen LogP) is 4.32. The average molecular weight is 400 g/mol. The van der Waals surface area contributed by atoms with E-state index in [1.165, 1.54) is 0 Å². The van der Waals surface area contributed by atoms with Crippen molar-refractivity contribution in [2.45, 2.75) is 18.9 Å². The molecule has 3 aromatic carbocycles. The number of carboxylic acid groups (broad SMARTS) is 1. The highest BCUT2D eigenvalue weighted by Gasteiger charge is 2.26. The van der Waals surface area contributed by atoms with Gasteiger partial charge in [0.25, 0.3) is 0 Å². The number of carbonyl (C=O) groups is 1. The quantitative estimate of drug-likeness (QED) is 0.624. The van der Waals surface area contributed by atoms with E-state index in [2.05, 4.69) is 11.8 Å². The van der Waals surface area contributed by atoms with Crippen LogP contribution in [0.5, 0.6) is 17.2 Å². The summed E-state index contributed by atoms with van der Waals surface area (Å²) in [7, 11) is 0. The maximum atomic E-state index is 11.0. The molecule has 1 heterocycles. The zero-order valence-electron chi connectivity index (χ0n) is 16.2. The SMILES string of the molecule is O=C(O)CC1COc2cc(OCc3cccc(C#Cc4ccc(O)cc4)c3)ccc21. The molecule has 0 spiro atoms. The van der Waals surface area contributed by atoms with E-state index in [9.17, 15) is 9.90 Å². The molecule has 150 valence electrons. The van der Waals surface area contributed by atoms with Crippen molar-refractivity contribution in [1.29, 1.82) is 0 Å². The predicted molar refractivity (Wildman–Crippen MR) is 112 cm³/mol. The van der Waals surface area contributed by atoms with Gasteiger partial charge in [-0.25, -0.2) is 0 Å². The van der Waals surface area contributed by atoms with Gasteiger partial charge in [0.15, 0.2) is 0 Å². The van der Waals surface area contributed by atoms with Gasteiger partial charge in [0, 0.05) is 28.7 Å². The zero-order chi connectivity index (χ0) is 20.9. The molecule has 5 heteroatoms. The Morgan fingerprint density at radius 3 is 2.63 bits per heavy atom. The Hall–Kier alpha value is -3.91. The molecule has 1 atom stereocenters. The largest absolute Gasteiger partial charge is 0.508 e. The summed E-state index contributed by atoms with van der Waals surface area (Å²) in [6, 6.07) is 20.1. The third-order valence-corrected chi connectivity index (χ3v) is 4.84. The van der Waals surface area contributed by atoms with E-state index >= 15 is 0 Å².